The average Bonchev–Trinajstić information content (AvgIpc) is 3.28. The molecule has 2 aromatic heterocycles. The number of benzene rings is 1. The summed E-state index contributed by atoms with van der Waals surface area (Å²) in [4.78, 5) is 8.95. The molecule has 1 aromatic carbocycles. The molecule has 0 radical (unpaired) electrons. The van der Waals surface area contributed by atoms with Crippen molar-refractivity contribution in [1.82, 2.24) is 25.1 Å². The highest BCUT2D eigenvalue weighted by Gasteiger charge is 2.28. The first-order valence-electron chi connectivity index (χ1n) is 14.7. The van der Waals surface area contributed by atoms with Crippen molar-refractivity contribution in [3.8, 4) is 5.75 Å². The minimum Gasteiger partial charge on any atom is -0.489 e. The van der Waals surface area contributed by atoms with E-state index in [1.165, 1.54) is 22.0 Å². The Balaban J connectivity index is 1.60. The quantitative estimate of drug-likeness (QED) is 0.217. The Morgan fingerprint density at radius 3 is 2.33 bits per heavy atom. The normalized spacial score (nSPS) is 17.7. The largest absolute Gasteiger partial charge is 0.489 e. The van der Waals surface area contributed by atoms with Gasteiger partial charge in [-0.15, -0.1) is 0 Å². The molecular weight excluding hydrogens is 574 g/mol. The first kappa shape index (κ1) is 32.0. The zero-order chi connectivity index (χ0) is 30.8. The number of aryl methyl sites for hydroxylation is 2. The highest BCUT2D eigenvalue weighted by atomic mass is 35.5. The van der Waals surface area contributed by atoms with Crippen molar-refractivity contribution >= 4 is 44.6 Å². The number of nitrogens with zero attached hydrogens (tertiary/aromatic N) is 4. The summed E-state index contributed by atoms with van der Waals surface area (Å²) in [6.45, 7) is 13.8. The fourth-order valence-corrected chi connectivity index (χ4v) is 6.62. The molecule has 4 rings (SSSR count). The van der Waals surface area contributed by atoms with Gasteiger partial charge in [0.25, 0.3) is 0 Å². The maximum absolute atomic E-state index is 12.9. The number of hydrogen-bond donors (Lipinski definition) is 3. The van der Waals surface area contributed by atoms with E-state index in [9.17, 15) is 8.42 Å². The molecule has 3 aromatic rings. The van der Waals surface area contributed by atoms with E-state index >= 15 is 0 Å². The van der Waals surface area contributed by atoms with Gasteiger partial charge in [-0.3, -0.25) is 4.68 Å². The third-order valence-corrected chi connectivity index (χ3v) is 9.75. The first-order valence-corrected chi connectivity index (χ1v) is 16.6. The average molecular weight is 618 g/mol. The summed E-state index contributed by atoms with van der Waals surface area (Å²) in [6.07, 6.45) is 7.63. The highest BCUT2D eigenvalue weighted by Crippen LogP contribution is 2.40. The summed E-state index contributed by atoms with van der Waals surface area (Å²) in [5.74, 6) is 1.77. The fourth-order valence-electron chi connectivity index (χ4n) is 5.39. The summed E-state index contributed by atoms with van der Waals surface area (Å²) in [5.41, 5.74) is 3.53. The highest BCUT2D eigenvalue weighted by molar-refractivity contribution is 7.92. The SMILES string of the molecule is Cc1cc(Nc2ncc(Cl)c(Nc3cn(C)nc3S(=O)(=O)C(C)C)n2)c(OC(C)C)cc1[C@H]1CC[C@@H](NC(C)C)CC1. The van der Waals surface area contributed by atoms with Crippen LogP contribution in [-0.2, 0) is 16.9 Å². The molecule has 0 unspecified atom stereocenters. The van der Waals surface area contributed by atoms with Crippen molar-refractivity contribution in [2.45, 2.75) is 109 Å². The number of sulfone groups is 1. The lowest BCUT2D eigenvalue weighted by molar-refractivity contribution is 0.243. The smallest absolute Gasteiger partial charge is 0.229 e. The molecule has 1 saturated carbocycles. The van der Waals surface area contributed by atoms with Crippen LogP contribution in [0.4, 0.5) is 23.1 Å². The van der Waals surface area contributed by atoms with Crippen LogP contribution in [0.3, 0.4) is 0 Å². The van der Waals surface area contributed by atoms with Gasteiger partial charge < -0.3 is 20.7 Å². The Morgan fingerprint density at radius 1 is 1.02 bits per heavy atom. The second-order valence-corrected chi connectivity index (χ2v) is 14.8. The van der Waals surface area contributed by atoms with E-state index in [1.807, 2.05) is 13.8 Å². The molecule has 42 heavy (non-hydrogen) atoms. The molecule has 1 fully saturated rings. The van der Waals surface area contributed by atoms with Crippen molar-refractivity contribution in [2.24, 2.45) is 7.05 Å². The molecule has 0 atom stereocenters. The van der Waals surface area contributed by atoms with Crippen LogP contribution in [0, 0.1) is 6.92 Å². The molecule has 0 spiro atoms. The van der Waals surface area contributed by atoms with Crippen LogP contribution in [0.2, 0.25) is 5.02 Å². The predicted octanol–water partition coefficient (Wildman–Crippen LogP) is 6.65. The Kier molecular flexibility index (Phi) is 10.1. The monoisotopic (exact) mass is 617 g/mol. The molecule has 0 amide bonds. The van der Waals surface area contributed by atoms with E-state index in [0.29, 0.717) is 29.6 Å². The third-order valence-electron chi connectivity index (χ3n) is 7.40. The van der Waals surface area contributed by atoms with Crippen LogP contribution in [0.25, 0.3) is 0 Å². The van der Waals surface area contributed by atoms with Gasteiger partial charge in [-0.05, 0) is 89.5 Å². The fraction of sp³-hybridized carbons (Fsp3) is 0.567. The lowest BCUT2D eigenvalue weighted by Crippen LogP contribution is -2.37. The van der Waals surface area contributed by atoms with Gasteiger partial charge in [-0.2, -0.15) is 10.1 Å². The van der Waals surface area contributed by atoms with Gasteiger partial charge in [0, 0.05) is 25.3 Å². The molecule has 12 heteroatoms. The van der Waals surface area contributed by atoms with Gasteiger partial charge in [0.15, 0.2) is 5.82 Å². The number of ether oxygens (including phenoxy) is 1. The van der Waals surface area contributed by atoms with Crippen molar-refractivity contribution in [2.75, 3.05) is 10.6 Å². The summed E-state index contributed by atoms with van der Waals surface area (Å²) >= 11 is 6.43. The predicted molar refractivity (Wildman–Crippen MR) is 169 cm³/mol. The van der Waals surface area contributed by atoms with Crippen molar-refractivity contribution in [3.05, 3.63) is 40.7 Å². The van der Waals surface area contributed by atoms with E-state index in [2.05, 4.69) is 63.9 Å². The minimum atomic E-state index is -3.64. The molecule has 1 aliphatic rings. The van der Waals surface area contributed by atoms with Crippen LogP contribution in [0.15, 0.2) is 29.6 Å². The summed E-state index contributed by atoms with van der Waals surface area (Å²) in [7, 11) is -1.98. The van der Waals surface area contributed by atoms with Gasteiger partial charge in [0.05, 0.1) is 28.9 Å². The van der Waals surface area contributed by atoms with Crippen LogP contribution in [0.1, 0.15) is 84.3 Å². The summed E-state index contributed by atoms with van der Waals surface area (Å²) in [5, 5.41) is 13.8. The number of hydrogen-bond acceptors (Lipinski definition) is 9. The number of rotatable bonds is 11. The Bertz CT molecular complexity index is 1500. The number of anilines is 4. The molecule has 230 valence electrons. The number of halogens is 1. The van der Waals surface area contributed by atoms with Crippen LogP contribution >= 0.6 is 11.6 Å². The molecule has 0 saturated heterocycles. The summed E-state index contributed by atoms with van der Waals surface area (Å²) in [6, 6.07) is 5.32. The molecule has 0 bridgehead atoms. The zero-order valence-corrected chi connectivity index (χ0v) is 27.4. The van der Waals surface area contributed by atoms with Gasteiger partial charge in [0.2, 0.25) is 20.8 Å². The zero-order valence-electron chi connectivity index (χ0n) is 25.8. The van der Waals surface area contributed by atoms with Crippen molar-refractivity contribution in [1.29, 1.82) is 0 Å². The Morgan fingerprint density at radius 2 is 1.71 bits per heavy atom. The topological polar surface area (TPSA) is 123 Å². The van der Waals surface area contributed by atoms with E-state index in [-0.39, 0.29) is 22.0 Å². The maximum atomic E-state index is 12.9. The molecular formula is C30H44ClN7O3S. The maximum Gasteiger partial charge on any atom is 0.229 e. The molecule has 3 N–H and O–H groups in total. The lowest BCUT2D eigenvalue weighted by Gasteiger charge is -2.32. The molecule has 2 heterocycles. The van der Waals surface area contributed by atoms with Gasteiger partial charge in [-0.25, -0.2) is 13.4 Å². The summed E-state index contributed by atoms with van der Waals surface area (Å²) < 4.78 is 33.5. The van der Waals surface area contributed by atoms with E-state index in [1.54, 1.807) is 27.1 Å². The Hall–Kier alpha value is -2.89. The van der Waals surface area contributed by atoms with Crippen molar-refractivity contribution in [3.63, 3.8) is 0 Å². The van der Waals surface area contributed by atoms with Gasteiger partial charge in [-0.1, -0.05) is 25.4 Å². The third kappa shape index (κ3) is 7.54. The number of nitrogens with one attached hydrogen (secondary N) is 3. The van der Waals surface area contributed by atoms with Crippen LogP contribution < -0.4 is 20.7 Å². The minimum absolute atomic E-state index is 0.0256. The van der Waals surface area contributed by atoms with Gasteiger partial charge in [0.1, 0.15) is 10.8 Å². The second-order valence-electron chi connectivity index (χ2n) is 12.0. The van der Waals surface area contributed by atoms with Crippen molar-refractivity contribution < 1.29 is 13.2 Å². The molecule has 0 aliphatic heterocycles. The van der Waals surface area contributed by atoms with Crippen LogP contribution in [-0.4, -0.2) is 51.6 Å². The molecule has 1 aliphatic carbocycles. The number of aromatic nitrogens is 4. The second kappa shape index (κ2) is 13.2. The van der Waals surface area contributed by atoms with Crippen LogP contribution in [0.5, 0.6) is 5.75 Å². The van der Waals surface area contributed by atoms with Gasteiger partial charge >= 0.3 is 0 Å². The van der Waals surface area contributed by atoms with E-state index in [0.717, 1.165) is 37.1 Å². The van der Waals surface area contributed by atoms with E-state index < -0.39 is 15.1 Å². The first-order chi connectivity index (χ1) is 19.7. The lowest BCUT2D eigenvalue weighted by atomic mass is 9.80. The standard InChI is InChI=1S/C30H44ClN7O3S/c1-17(2)33-22-11-9-21(10-12-22)23-14-27(41-18(3)4)25(13-20(23)7)35-30-32-15-24(31)28(36-30)34-26-16-38(8)37-29(26)42(39,40)19(5)6/h13-19,21-22,33H,9-12H2,1-8H3,(H2,32,34,35,36)/t21-,22+. The van der Waals surface area contributed by atoms with E-state index in [4.69, 9.17) is 16.3 Å². The molecule has 10 nitrogen and oxygen atoms in total. The Labute approximate surface area is 254 Å².